The number of benzene rings is 2. The van der Waals surface area contributed by atoms with E-state index in [2.05, 4.69) is 32.6 Å². The van der Waals surface area contributed by atoms with Crippen molar-refractivity contribution >= 4 is 22.7 Å². The smallest absolute Gasteiger partial charge is 0.290 e. The Kier molecular flexibility index (Phi) is 8.97. The van der Waals surface area contributed by atoms with Crippen molar-refractivity contribution in [1.82, 2.24) is 9.80 Å². The average Bonchev–Trinajstić information content (AvgIpc) is 3.48. The zero-order valence-electron chi connectivity index (χ0n) is 23.4. The Morgan fingerprint density at radius 2 is 1.85 bits per heavy atom. The van der Waals surface area contributed by atoms with Crippen LogP contribution in [0.2, 0.25) is 0 Å². The summed E-state index contributed by atoms with van der Waals surface area (Å²) in [5, 5.41) is 11.8. The Labute approximate surface area is 229 Å². The van der Waals surface area contributed by atoms with Gasteiger partial charge >= 0.3 is 0 Å². The molecule has 39 heavy (non-hydrogen) atoms. The van der Waals surface area contributed by atoms with E-state index in [-0.39, 0.29) is 11.3 Å². The molecule has 208 valence electrons. The molecule has 2 heterocycles. The molecule has 8 heteroatoms. The summed E-state index contributed by atoms with van der Waals surface area (Å²) in [6, 6.07) is 13.5. The fraction of sp³-hybridized carbons (Fsp3) is 0.419. The van der Waals surface area contributed by atoms with Gasteiger partial charge in [0, 0.05) is 18.5 Å². The van der Waals surface area contributed by atoms with Crippen molar-refractivity contribution in [2.24, 2.45) is 5.92 Å². The van der Waals surface area contributed by atoms with Crippen LogP contribution in [0.25, 0.3) is 11.0 Å². The lowest BCUT2D eigenvalue weighted by molar-refractivity contribution is -0.129. The molecule has 1 aromatic heterocycles. The van der Waals surface area contributed by atoms with E-state index in [1.807, 2.05) is 24.3 Å². The van der Waals surface area contributed by atoms with Crippen LogP contribution >= 0.6 is 0 Å². The lowest BCUT2D eigenvalue weighted by atomic mass is 9.94. The van der Waals surface area contributed by atoms with E-state index < -0.39 is 23.5 Å². The van der Waals surface area contributed by atoms with E-state index in [1.165, 1.54) is 0 Å². The van der Waals surface area contributed by atoms with E-state index in [4.69, 9.17) is 13.9 Å². The van der Waals surface area contributed by atoms with Crippen LogP contribution in [-0.2, 0) is 4.79 Å². The zero-order chi connectivity index (χ0) is 28.1. The van der Waals surface area contributed by atoms with Crippen molar-refractivity contribution in [3.05, 3.63) is 71.2 Å². The highest BCUT2D eigenvalue weighted by atomic mass is 16.5. The minimum atomic E-state index is -0.813. The Bertz CT molecular complexity index is 1320. The maximum Gasteiger partial charge on any atom is 0.290 e. The molecule has 1 atom stereocenters. The Balaban J connectivity index is 1.73. The molecule has 1 aliphatic heterocycles. The number of fused-ring (bicyclic) bond motifs is 1. The van der Waals surface area contributed by atoms with Crippen LogP contribution in [-0.4, -0.2) is 66.5 Å². The van der Waals surface area contributed by atoms with Gasteiger partial charge in [-0.05, 0) is 55.3 Å². The molecule has 1 unspecified atom stereocenters. The molecule has 0 fully saturated rings. The van der Waals surface area contributed by atoms with Crippen LogP contribution in [0.3, 0.4) is 0 Å². The normalized spacial score (nSPS) is 15.7. The van der Waals surface area contributed by atoms with Gasteiger partial charge in [0.2, 0.25) is 5.78 Å². The fourth-order valence-electron chi connectivity index (χ4n) is 4.86. The first kappa shape index (κ1) is 28.2. The summed E-state index contributed by atoms with van der Waals surface area (Å²) in [6.45, 7) is 11.5. The third-order valence-corrected chi connectivity index (χ3v) is 7.21. The molecule has 1 aliphatic rings. The van der Waals surface area contributed by atoms with Crippen molar-refractivity contribution in [1.29, 1.82) is 0 Å². The minimum absolute atomic E-state index is 0.00543. The number of aliphatic hydroxyl groups is 1. The lowest BCUT2D eigenvalue weighted by Crippen LogP contribution is -2.38. The van der Waals surface area contributed by atoms with Crippen LogP contribution in [0.1, 0.15) is 56.3 Å². The number of amides is 1. The van der Waals surface area contributed by atoms with Crippen LogP contribution in [0.4, 0.5) is 0 Å². The number of methoxy groups -OCH3 is 1. The Morgan fingerprint density at radius 3 is 2.51 bits per heavy atom. The lowest BCUT2D eigenvalue weighted by Gasteiger charge is -2.29. The highest BCUT2D eigenvalue weighted by molar-refractivity contribution is 6.16. The van der Waals surface area contributed by atoms with Crippen molar-refractivity contribution in [3.63, 3.8) is 0 Å². The minimum Gasteiger partial charge on any atom is -0.503 e. The van der Waals surface area contributed by atoms with Crippen molar-refractivity contribution in [2.75, 3.05) is 39.9 Å². The molecule has 0 spiro atoms. The summed E-state index contributed by atoms with van der Waals surface area (Å²) >= 11 is 0. The number of carbonyl (C=O) groups is 2. The number of aliphatic hydroxyl groups excluding tert-OH is 1. The number of hydrogen-bond acceptors (Lipinski definition) is 7. The van der Waals surface area contributed by atoms with Crippen molar-refractivity contribution < 1.29 is 28.6 Å². The molecule has 0 saturated carbocycles. The quantitative estimate of drug-likeness (QED) is 0.278. The Hall–Kier alpha value is -3.78. The number of likely N-dealkylation sites (N-methyl/N-ethyl adjacent to an activating group) is 1. The van der Waals surface area contributed by atoms with Gasteiger partial charge in [-0.25, -0.2) is 0 Å². The predicted octanol–water partition coefficient (Wildman–Crippen LogP) is 5.79. The van der Waals surface area contributed by atoms with E-state index in [0.29, 0.717) is 48.3 Å². The van der Waals surface area contributed by atoms with E-state index >= 15 is 0 Å². The Morgan fingerprint density at radius 1 is 1.10 bits per heavy atom. The van der Waals surface area contributed by atoms with Gasteiger partial charge in [-0.1, -0.05) is 52.0 Å². The topological polar surface area (TPSA) is 92.5 Å². The maximum absolute atomic E-state index is 13.8. The standard InChI is InChI=1S/C31H38N2O6/c1-6-32(7-2)15-16-33-28(22-12-13-24(25(19-22)37-5)38-17-14-20(3)4)27(30(35)31(33)36)29(34)26-18-21-10-8-9-11-23(21)39-26/h8-13,18-20,28,35H,6-7,14-17H2,1-5H3. The van der Waals surface area contributed by atoms with Crippen LogP contribution < -0.4 is 9.47 Å². The fourth-order valence-corrected chi connectivity index (χ4v) is 4.86. The van der Waals surface area contributed by atoms with Crippen LogP contribution in [0.15, 0.2) is 64.3 Å². The summed E-state index contributed by atoms with van der Waals surface area (Å²) in [5.41, 5.74) is 1.19. The number of para-hydroxylation sites is 1. The second-order valence-corrected chi connectivity index (χ2v) is 10.1. The van der Waals surface area contributed by atoms with Crippen molar-refractivity contribution in [3.8, 4) is 11.5 Å². The molecule has 0 aliphatic carbocycles. The molecule has 4 rings (SSSR count). The first-order valence-corrected chi connectivity index (χ1v) is 13.6. The van der Waals surface area contributed by atoms with Gasteiger partial charge in [0.05, 0.1) is 25.3 Å². The SMILES string of the molecule is CCN(CC)CCN1C(=O)C(O)=C(C(=O)c2cc3ccccc3o2)C1c1ccc(OCCC(C)C)c(OC)c1. The summed E-state index contributed by atoms with van der Waals surface area (Å²) in [7, 11) is 1.56. The molecular formula is C31H38N2O6. The molecule has 1 amide bonds. The number of furan rings is 1. The number of carbonyl (C=O) groups excluding carboxylic acids is 2. The van der Waals surface area contributed by atoms with E-state index in [0.717, 1.165) is 24.9 Å². The monoisotopic (exact) mass is 534 g/mol. The second kappa shape index (κ2) is 12.4. The van der Waals surface area contributed by atoms with Gasteiger partial charge in [0.1, 0.15) is 5.58 Å². The van der Waals surface area contributed by atoms with Gasteiger partial charge < -0.3 is 28.8 Å². The first-order chi connectivity index (χ1) is 18.8. The average molecular weight is 535 g/mol. The number of ether oxygens (including phenoxy) is 2. The summed E-state index contributed by atoms with van der Waals surface area (Å²) in [6.07, 6.45) is 0.897. The molecule has 8 nitrogen and oxygen atoms in total. The first-order valence-electron chi connectivity index (χ1n) is 13.6. The number of ketones is 1. The second-order valence-electron chi connectivity index (χ2n) is 10.1. The molecule has 0 bridgehead atoms. The molecule has 0 radical (unpaired) electrons. The number of hydrogen-bond donors (Lipinski definition) is 1. The molecular weight excluding hydrogens is 496 g/mol. The van der Waals surface area contributed by atoms with Gasteiger partial charge in [-0.2, -0.15) is 0 Å². The summed E-state index contributed by atoms with van der Waals surface area (Å²) in [5.74, 6) is -0.0119. The van der Waals surface area contributed by atoms with Gasteiger partial charge in [-0.15, -0.1) is 0 Å². The highest BCUT2D eigenvalue weighted by Crippen LogP contribution is 2.42. The molecule has 1 N–H and O–H groups in total. The largest absolute Gasteiger partial charge is 0.503 e. The number of rotatable bonds is 13. The molecule has 3 aromatic rings. The highest BCUT2D eigenvalue weighted by Gasteiger charge is 2.44. The van der Waals surface area contributed by atoms with E-state index in [9.17, 15) is 14.7 Å². The summed E-state index contributed by atoms with van der Waals surface area (Å²) in [4.78, 5) is 30.9. The van der Waals surface area contributed by atoms with Crippen LogP contribution in [0.5, 0.6) is 11.5 Å². The van der Waals surface area contributed by atoms with Gasteiger partial charge in [0.25, 0.3) is 5.91 Å². The molecule has 2 aromatic carbocycles. The van der Waals surface area contributed by atoms with E-state index in [1.54, 1.807) is 36.3 Å². The molecule has 0 saturated heterocycles. The number of Topliss-reactive ketones (excluding diaryl/α,β-unsaturated/α-hetero) is 1. The predicted molar refractivity (Wildman–Crippen MR) is 150 cm³/mol. The van der Waals surface area contributed by atoms with Gasteiger partial charge in [-0.3, -0.25) is 9.59 Å². The van der Waals surface area contributed by atoms with Crippen molar-refractivity contribution in [2.45, 2.75) is 40.2 Å². The zero-order valence-corrected chi connectivity index (χ0v) is 23.4. The third-order valence-electron chi connectivity index (χ3n) is 7.21. The number of nitrogens with zero attached hydrogens (tertiary/aromatic N) is 2. The maximum atomic E-state index is 13.8. The summed E-state index contributed by atoms with van der Waals surface area (Å²) < 4.78 is 17.4. The van der Waals surface area contributed by atoms with Gasteiger partial charge in [0.15, 0.2) is 23.0 Å². The third kappa shape index (κ3) is 5.96. The van der Waals surface area contributed by atoms with Crippen LogP contribution in [0, 0.1) is 5.92 Å².